The van der Waals surface area contributed by atoms with Crippen molar-refractivity contribution in [1.29, 1.82) is 0 Å². The number of halogens is 1. The van der Waals surface area contributed by atoms with Crippen molar-refractivity contribution < 1.29 is 9.47 Å². The van der Waals surface area contributed by atoms with E-state index in [-0.39, 0.29) is 24.0 Å². The third kappa shape index (κ3) is 11.5. The van der Waals surface area contributed by atoms with Crippen LogP contribution in [0.25, 0.3) is 0 Å². The van der Waals surface area contributed by atoms with Gasteiger partial charge in [-0.1, -0.05) is 6.92 Å². The van der Waals surface area contributed by atoms with E-state index in [0.29, 0.717) is 6.10 Å². The van der Waals surface area contributed by atoms with Gasteiger partial charge in [0.2, 0.25) is 0 Å². The number of ether oxygens (including phenoxy) is 2. The molecule has 0 bridgehead atoms. The van der Waals surface area contributed by atoms with E-state index in [0.717, 1.165) is 57.6 Å². The summed E-state index contributed by atoms with van der Waals surface area (Å²) in [5, 5.41) is 6.77. The van der Waals surface area contributed by atoms with Crippen LogP contribution in [0.5, 0.6) is 0 Å². The molecule has 6 nitrogen and oxygen atoms in total. The molecule has 0 aromatic rings. The number of nitrogens with zero attached hydrogens (tertiary/aromatic N) is 2. The highest BCUT2D eigenvalue weighted by Crippen LogP contribution is 2.16. The van der Waals surface area contributed by atoms with Crippen LogP contribution in [0.3, 0.4) is 0 Å². The lowest BCUT2D eigenvalue weighted by Gasteiger charge is -2.30. The molecule has 160 valence electrons. The summed E-state index contributed by atoms with van der Waals surface area (Å²) >= 11 is 0. The van der Waals surface area contributed by atoms with Crippen LogP contribution in [0.15, 0.2) is 4.99 Å². The van der Waals surface area contributed by atoms with Crippen molar-refractivity contribution in [2.24, 2.45) is 10.9 Å². The van der Waals surface area contributed by atoms with Gasteiger partial charge in [0.05, 0.1) is 12.7 Å². The van der Waals surface area contributed by atoms with E-state index in [1.165, 1.54) is 51.7 Å². The molecule has 0 aromatic carbocycles. The first-order valence-electron chi connectivity index (χ1n) is 10.6. The molecule has 0 amide bonds. The third-order valence-electron chi connectivity index (χ3n) is 5.38. The van der Waals surface area contributed by atoms with Crippen molar-refractivity contribution in [3.05, 3.63) is 0 Å². The normalized spacial score (nSPS) is 21.9. The Balaban J connectivity index is 0.00000364. The molecule has 1 unspecified atom stereocenters. The Hall–Kier alpha value is -0.120. The molecule has 2 N–H and O–H groups in total. The highest BCUT2D eigenvalue weighted by atomic mass is 127. The van der Waals surface area contributed by atoms with Crippen molar-refractivity contribution in [3.63, 3.8) is 0 Å². The molecule has 0 saturated carbocycles. The molecule has 2 heterocycles. The molecule has 2 saturated heterocycles. The molecule has 7 heteroatoms. The van der Waals surface area contributed by atoms with Crippen LogP contribution in [0.4, 0.5) is 0 Å². The number of hydrogen-bond donors (Lipinski definition) is 2. The number of likely N-dealkylation sites (tertiary alicyclic amines) is 1. The Morgan fingerprint density at radius 2 is 1.85 bits per heavy atom. The van der Waals surface area contributed by atoms with Crippen LogP contribution in [0, 0.1) is 5.92 Å². The molecule has 0 spiro atoms. The molecule has 2 fully saturated rings. The molecule has 0 aromatic heterocycles. The van der Waals surface area contributed by atoms with Gasteiger partial charge in [-0.15, -0.1) is 24.0 Å². The lowest BCUT2D eigenvalue weighted by Crippen LogP contribution is -2.39. The minimum atomic E-state index is 0. The summed E-state index contributed by atoms with van der Waals surface area (Å²) in [6, 6.07) is 0. The Bertz CT molecular complexity index is 384. The number of unbranched alkanes of at least 4 members (excludes halogenated alkanes) is 1. The molecule has 2 aliphatic rings. The van der Waals surface area contributed by atoms with Crippen LogP contribution in [-0.2, 0) is 9.47 Å². The number of rotatable bonds is 11. The van der Waals surface area contributed by atoms with Crippen LogP contribution in [0.1, 0.15) is 51.9 Å². The quantitative estimate of drug-likeness (QED) is 0.200. The Morgan fingerprint density at radius 1 is 1.11 bits per heavy atom. The summed E-state index contributed by atoms with van der Waals surface area (Å²) in [6.07, 6.45) is 8.82. The van der Waals surface area contributed by atoms with Crippen LogP contribution in [-0.4, -0.2) is 76.6 Å². The standard InChI is InChI=1S/C20H40N4O2.HI/c1-18-8-13-24(14-9-18)12-4-3-10-22-20(21-2)23-11-6-15-25-17-19-7-5-16-26-19;/h18-19H,3-17H2,1-2H3,(H2,21,22,23);1H. The van der Waals surface area contributed by atoms with Crippen molar-refractivity contribution in [2.75, 3.05) is 59.6 Å². The van der Waals surface area contributed by atoms with Gasteiger partial charge in [-0.2, -0.15) is 0 Å². The summed E-state index contributed by atoms with van der Waals surface area (Å²) < 4.78 is 11.2. The number of nitrogens with one attached hydrogen (secondary N) is 2. The minimum Gasteiger partial charge on any atom is -0.379 e. The van der Waals surface area contributed by atoms with Crippen LogP contribution in [0.2, 0.25) is 0 Å². The van der Waals surface area contributed by atoms with Crippen molar-refractivity contribution in [1.82, 2.24) is 15.5 Å². The first kappa shape index (κ1) is 24.9. The molecule has 1 atom stereocenters. The monoisotopic (exact) mass is 496 g/mol. The number of hydrogen-bond acceptors (Lipinski definition) is 4. The number of piperidine rings is 1. The van der Waals surface area contributed by atoms with E-state index < -0.39 is 0 Å². The van der Waals surface area contributed by atoms with Gasteiger partial charge < -0.3 is 25.0 Å². The Labute approximate surface area is 183 Å². The minimum absolute atomic E-state index is 0. The lowest BCUT2D eigenvalue weighted by atomic mass is 9.99. The zero-order valence-electron chi connectivity index (χ0n) is 17.4. The number of aliphatic imine (C=N–C) groups is 1. The Kier molecular flexibility index (Phi) is 14.5. The van der Waals surface area contributed by atoms with Crippen LogP contribution >= 0.6 is 24.0 Å². The fourth-order valence-electron chi connectivity index (χ4n) is 3.55. The maximum atomic E-state index is 5.68. The summed E-state index contributed by atoms with van der Waals surface area (Å²) in [4.78, 5) is 6.90. The van der Waals surface area contributed by atoms with E-state index in [1.807, 2.05) is 7.05 Å². The van der Waals surface area contributed by atoms with Crippen molar-refractivity contribution in [2.45, 2.75) is 58.0 Å². The second-order valence-electron chi connectivity index (χ2n) is 7.72. The van der Waals surface area contributed by atoms with Gasteiger partial charge in [0, 0.05) is 33.4 Å². The maximum Gasteiger partial charge on any atom is 0.190 e. The van der Waals surface area contributed by atoms with Crippen molar-refractivity contribution in [3.8, 4) is 0 Å². The summed E-state index contributed by atoms with van der Waals surface area (Å²) in [6.45, 7) is 10.5. The molecular formula is C20H41IN4O2. The van der Waals surface area contributed by atoms with E-state index in [4.69, 9.17) is 9.47 Å². The van der Waals surface area contributed by atoms with Gasteiger partial charge in [-0.25, -0.2) is 0 Å². The van der Waals surface area contributed by atoms with Gasteiger partial charge in [-0.05, 0) is 70.5 Å². The van der Waals surface area contributed by atoms with Gasteiger partial charge in [0.15, 0.2) is 5.96 Å². The SMILES string of the molecule is CN=C(NCCCCN1CCC(C)CC1)NCCCOCC1CCCO1.I. The number of guanidine groups is 1. The van der Waals surface area contributed by atoms with E-state index in [1.54, 1.807) is 0 Å². The predicted octanol–water partition coefficient (Wildman–Crippen LogP) is 2.87. The molecule has 2 rings (SSSR count). The van der Waals surface area contributed by atoms with Gasteiger partial charge in [0.1, 0.15) is 0 Å². The molecule has 2 aliphatic heterocycles. The first-order valence-corrected chi connectivity index (χ1v) is 10.6. The summed E-state index contributed by atoms with van der Waals surface area (Å²) in [5.74, 6) is 1.82. The zero-order chi connectivity index (χ0) is 18.5. The predicted molar refractivity (Wildman–Crippen MR) is 123 cm³/mol. The molecule has 0 aliphatic carbocycles. The average molecular weight is 496 g/mol. The molecule has 0 radical (unpaired) electrons. The van der Waals surface area contributed by atoms with Crippen LogP contribution < -0.4 is 10.6 Å². The Morgan fingerprint density at radius 3 is 2.52 bits per heavy atom. The third-order valence-corrected chi connectivity index (χ3v) is 5.38. The maximum absolute atomic E-state index is 5.68. The van der Waals surface area contributed by atoms with E-state index in [9.17, 15) is 0 Å². The highest BCUT2D eigenvalue weighted by Gasteiger charge is 2.15. The van der Waals surface area contributed by atoms with E-state index >= 15 is 0 Å². The second kappa shape index (κ2) is 15.8. The fourth-order valence-corrected chi connectivity index (χ4v) is 3.55. The average Bonchev–Trinajstić information content (AvgIpc) is 3.17. The van der Waals surface area contributed by atoms with Gasteiger partial charge >= 0.3 is 0 Å². The smallest absolute Gasteiger partial charge is 0.190 e. The second-order valence-corrected chi connectivity index (χ2v) is 7.72. The molecule has 27 heavy (non-hydrogen) atoms. The summed E-state index contributed by atoms with van der Waals surface area (Å²) in [5.41, 5.74) is 0. The fraction of sp³-hybridized carbons (Fsp3) is 0.950. The van der Waals surface area contributed by atoms with Gasteiger partial charge in [0.25, 0.3) is 0 Å². The largest absolute Gasteiger partial charge is 0.379 e. The first-order chi connectivity index (χ1) is 12.8. The topological polar surface area (TPSA) is 58.1 Å². The summed E-state index contributed by atoms with van der Waals surface area (Å²) in [7, 11) is 1.83. The van der Waals surface area contributed by atoms with Gasteiger partial charge in [-0.3, -0.25) is 4.99 Å². The van der Waals surface area contributed by atoms with Crippen molar-refractivity contribution >= 4 is 29.9 Å². The molecular weight excluding hydrogens is 455 g/mol. The highest BCUT2D eigenvalue weighted by molar-refractivity contribution is 14.0. The zero-order valence-corrected chi connectivity index (χ0v) is 19.7. The lowest BCUT2D eigenvalue weighted by molar-refractivity contribution is 0.0168. The van der Waals surface area contributed by atoms with E-state index in [2.05, 4.69) is 27.4 Å².